The van der Waals surface area contributed by atoms with E-state index < -0.39 is 10.0 Å². The quantitative estimate of drug-likeness (QED) is 0.607. The van der Waals surface area contributed by atoms with E-state index in [-0.39, 0.29) is 24.6 Å². The number of aryl methyl sites for hydroxylation is 1. The van der Waals surface area contributed by atoms with Gasteiger partial charge in [0.05, 0.1) is 11.5 Å². The van der Waals surface area contributed by atoms with Crippen LogP contribution in [0.25, 0.3) is 11.1 Å². The van der Waals surface area contributed by atoms with Crippen molar-refractivity contribution in [3.05, 3.63) is 84.2 Å². The monoisotopic (exact) mass is 477 g/mol. The molecule has 2 aliphatic heterocycles. The zero-order valence-corrected chi connectivity index (χ0v) is 20.2. The van der Waals surface area contributed by atoms with Gasteiger partial charge in [0, 0.05) is 43.5 Å². The van der Waals surface area contributed by atoms with E-state index in [4.69, 9.17) is 0 Å². The predicted molar refractivity (Wildman–Crippen MR) is 133 cm³/mol. The Labute approximate surface area is 201 Å². The van der Waals surface area contributed by atoms with Crippen LogP contribution in [0.15, 0.2) is 78.0 Å². The van der Waals surface area contributed by atoms with Gasteiger partial charge in [-0.2, -0.15) is 4.31 Å². The van der Waals surface area contributed by atoms with Crippen LogP contribution in [0, 0.1) is 6.92 Å². The third-order valence-electron chi connectivity index (χ3n) is 7.25. The molecule has 1 aromatic heterocycles. The fraction of sp³-hybridized carbons (Fsp3) is 0.370. The van der Waals surface area contributed by atoms with Crippen molar-refractivity contribution in [2.75, 3.05) is 26.2 Å². The van der Waals surface area contributed by atoms with Crippen LogP contribution < -0.4 is 0 Å². The van der Waals surface area contributed by atoms with Crippen molar-refractivity contribution in [2.24, 2.45) is 0 Å². The summed E-state index contributed by atoms with van der Waals surface area (Å²) in [5.74, 6) is 0.0845. The third kappa shape index (κ3) is 4.29. The molecule has 0 saturated carbocycles. The number of nitrogens with zero attached hydrogens (tertiary/aromatic N) is 3. The minimum atomic E-state index is -3.58. The van der Waals surface area contributed by atoms with E-state index >= 15 is 0 Å². The maximum atomic E-state index is 13.5. The lowest BCUT2D eigenvalue weighted by molar-refractivity contribution is -0.0553. The minimum absolute atomic E-state index is 0.0101. The van der Waals surface area contributed by atoms with Crippen molar-refractivity contribution < 1.29 is 13.5 Å². The Bertz CT molecular complexity index is 1230. The van der Waals surface area contributed by atoms with Gasteiger partial charge in [0.25, 0.3) is 0 Å². The largest absolute Gasteiger partial charge is 0.395 e. The molecule has 0 amide bonds. The van der Waals surface area contributed by atoms with Crippen LogP contribution in [0.1, 0.15) is 29.9 Å². The highest BCUT2D eigenvalue weighted by Gasteiger charge is 2.50. The molecule has 178 valence electrons. The zero-order valence-electron chi connectivity index (χ0n) is 19.4. The highest BCUT2D eigenvalue weighted by atomic mass is 32.2. The molecular formula is C27H31N3O3S. The number of benzene rings is 2. The summed E-state index contributed by atoms with van der Waals surface area (Å²) in [5.41, 5.74) is 4.23. The second kappa shape index (κ2) is 9.58. The molecule has 3 aromatic rings. The Hall–Kier alpha value is -2.58. The normalized spacial score (nSPS) is 24.0. The Kier molecular flexibility index (Phi) is 6.53. The summed E-state index contributed by atoms with van der Waals surface area (Å²) in [5, 5.41) is 10.2. The molecule has 0 bridgehead atoms. The Morgan fingerprint density at radius 1 is 1.00 bits per heavy atom. The van der Waals surface area contributed by atoms with Gasteiger partial charge in [-0.25, -0.2) is 8.42 Å². The average Bonchev–Trinajstić information content (AvgIpc) is 2.84. The van der Waals surface area contributed by atoms with Gasteiger partial charge in [0.2, 0.25) is 10.0 Å². The third-order valence-corrected chi connectivity index (χ3v) is 9.11. The van der Waals surface area contributed by atoms with E-state index in [0.717, 1.165) is 41.6 Å². The standard InChI is InChI=1S/C27H31N3O3S/c1-20-6-4-8-24(16-20)34(32,33)29-14-2-3-15-30-25(18-29)27(26(30)19-31)22-11-9-21(10-12-22)23-7-5-13-28-17-23/h4-13,16-17,25-27,31H,2-3,14-15,18-19H2,1H3/t25-,26+,27-/m0/s1. The van der Waals surface area contributed by atoms with Gasteiger partial charge in [0.1, 0.15) is 0 Å². The highest BCUT2D eigenvalue weighted by Crippen LogP contribution is 2.43. The molecule has 1 N–H and O–H groups in total. The molecule has 2 saturated heterocycles. The number of aliphatic hydroxyl groups is 1. The predicted octanol–water partition coefficient (Wildman–Crippen LogP) is 3.67. The molecule has 2 fully saturated rings. The molecule has 7 heteroatoms. The van der Waals surface area contributed by atoms with Gasteiger partial charge < -0.3 is 5.11 Å². The van der Waals surface area contributed by atoms with Crippen LogP contribution in [-0.2, 0) is 10.0 Å². The molecule has 0 spiro atoms. The summed E-state index contributed by atoms with van der Waals surface area (Å²) in [7, 11) is -3.58. The molecule has 34 heavy (non-hydrogen) atoms. The fourth-order valence-corrected chi connectivity index (χ4v) is 7.09. The Balaban J connectivity index is 1.43. The van der Waals surface area contributed by atoms with E-state index in [1.54, 1.807) is 28.7 Å². The van der Waals surface area contributed by atoms with Gasteiger partial charge in [0.15, 0.2) is 0 Å². The summed E-state index contributed by atoms with van der Waals surface area (Å²) < 4.78 is 28.7. The van der Waals surface area contributed by atoms with Gasteiger partial charge in [-0.1, -0.05) is 42.5 Å². The number of fused-ring (bicyclic) bond motifs is 1. The topological polar surface area (TPSA) is 73.7 Å². The summed E-state index contributed by atoms with van der Waals surface area (Å²) in [4.78, 5) is 6.86. The molecule has 6 nitrogen and oxygen atoms in total. The van der Waals surface area contributed by atoms with Crippen LogP contribution in [-0.4, -0.2) is 66.0 Å². The first kappa shape index (κ1) is 23.2. The first-order valence-corrected chi connectivity index (χ1v) is 13.4. The summed E-state index contributed by atoms with van der Waals surface area (Å²) >= 11 is 0. The fourth-order valence-electron chi connectivity index (χ4n) is 5.48. The lowest BCUT2D eigenvalue weighted by Crippen LogP contribution is -2.67. The number of aliphatic hydroxyl groups excluding tert-OH is 1. The molecule has 3 atom stereocenters. The van der Waals surface area contributed by atoms with Gasteiger partial charge in [-0.3, -0.25) is 9.88 Å². The van der Waals surface area contributed by atoms with E-state index in [1.165, 1.54) is 0 Å². The van der Waals surface area contributed by atoms with Crippen molar-refractivity contribution in [3.8, 4) is 11.1 Å². The highest BCUT2D eigenvalue weighted by molar-refractivity contribution is 7.89. The lowest BCUT2D eigenvalue weighted by Gasteiger charge is -2.57. The second-order valence-corrected chi connectivity index (χ2v) is 11.3. The van der Waals surface area contributed by atoms with Crippen molar-refractivity contribution in [1.29, 1.82) is 0 Å². The maximum absolute atomic E-state index is 13.5. The zero-order chi connectivity index (χ0) is 23.7. The number of sulfonamides is 1. The molecule has 0 aliphatic carbocycles. The van der Waals surface area contributed by atoms with Crippen LogP contribution in [0.4, 0.5) is 0 Å². The van der Waals surface area contributed by atoms with Crippen LogP contribution >= 0.6 is 0 Å². The molecular weight excluding hydrogens is 446 g/mol. The van der Waals surface area contributed by atoms with Gasteiger partial charge in [-0.15, -0.1) is 0 Å². The average molecular weight is 478 g/mol. The van der Waals surface area contributed by atoms with E-state index in [1.807, 2.05) is 31.3 Å². The Morgan fingerprint density at radius 3 is 2.50 bits per heavy atom. The Morgan fingerprint density at radius 2 is 1.79 bits per heavy atom. The number of hydrogen-bond acceptors (Lipinski definition) is 5. The first-order chi connectivity index (χ1) is 16.5. The number of rotatable bonds is 5. The first-order valence-electron chi connectivity index (χ1n) is 11.9. The number of aromatic nitrogens is 1. The SMILES string of the molecule is Cc1cccc(S(=O)(=O)N2CCCCN3[C@H](CO)[C@@H](c4ccc(-c5cccnc5)cc4)[C@@H]3C2)c1. The maximum Gasteiger partial charge on any atom is 0.243 e. The van der Waals surface area contributed by atoms with Crippen molar-refractivity contribution >= 4 is 10.0 Å². The smallest absolute Gasteiger partial charge is 0.243 e. The molecule has 0 radical (unpaired) electrons. The summed E-state index contributed by atoms with van der Waals surface area (Å²) in [6.45, 7) is 3.82. The van der Waals surface area contributed by atoms with E-state index in [2.05, 4.69) is 34.1 Å². The molecule has 2 aliphatic rings. The van der Waals surface area contributed by atoms with Gasteiger partial charge >= 0.3 is 0 Å². The van der Waals surface area contributed by atoms with E-state index in [0.29, 0.717) is 18.0 Å². The second-order valence-electron chi connectivity index (χ2n) is 9.33. The summed E-state index contributed by atoms with van der Waals surface area (Å²) in [6, 6.07) is 19.6. The van der Waals surface area contributed by atoms with Crippen LogP contribution in [0.3, 0.4) is 0 Å². The lowest BCUT2D eigenvalue weighted by atomic mass is 9.74. The molecule has 2 aromatic carbocycles. The molecule has 5 rings (SSSR count). The van der Waals surface area contributed by atoms with Gasteiger partial charge in [-0.05, 0) is 66.8 Å². The number of hydrogen-bond donors (Lipinski definition) is 1. The van der Waals surface area contributed by atoms with Crippen molar-refractivity contribution in [2.45, 2.75) is 42.7 Å². The van der Waals surface area contributed by atoms with Crippen molar-refractivity contribution in [1.82, 2.24) is 14.2 Å². The minimum Gasteiger partial charge on any atom is -0.395 e. The van der Waals surface area contributed by atoms with E-state index in [9.17, 15) is 13.5 Å². The van der Waals surface area contributed by atoms with Crippen molar-refractivity contribution in [3.63, 3.8) is 0 Å². The molecule has 0 unspecified atom stereocenters. The van der Waals surface area contributed by atoms with Crippen LogP contribution in [0.2, 0.25) is 0 Å². The summed E-state index contributed by atoms with van der Waals surface area (Å²) in [6.07, 6.45) is 5.34. The van der Waals surface area contributed by atoms with Crippen LogP contribution in [0.5, 0.6) is 0 Å². The number of pyridine rings is 1. The molecule has 3 heterocycles.